The molecule has 0 bridgehead atoms. The molecule has 3 aromatic carbocycles. The van der Waals surface area contributed by atoms with Crippen LogP contribution in [0.3, 0.4) is 0 Å². The number of benzene rings is 3. The van der Waals surface area contributed by atoms with Crippen molar-refractivity contribution in [3.8, 4) is 23.0 Å². The smallest absolute Gasteiger partial charge is 0.143 e. The van der Waals surface area contributed by atoms with Crippen LogP contribution < -0.4 is 19.1 Å². The van der Waals surface area contributed by atoms with Gasteiger partial charge in [0.2, 0.25) is 0 Å². The first-order valence-corrected chi connectivity index (χ1v) is 10.6. The van der Waals surface area contributed by atoms with Crippen LogP contribution in [0.15, 0.2) is 65.7 Å². The van der Waals surface area contributed by atoms with E-state index >= 15 is 0 Å². The maximum atomic E-state index is 5.89. The maximum Gasteiger partial charge on any atom is 0.143 e. The van der Waals surface area contributed by atoms with Gasteiger partial charge >= 0.3 is 0 Å². The third-order valence-electron chi connectivity index (χ3n) is 5.42. The number of ether oxygens (including phenoxy) is 3. The predicted octanol–water partition coefficient (Wildman–Crippen LogP) is 6.16. The van der Waals surface area contributed by atoms with Crippen LogP contribution in [0.5, 0.6) is 23.0 Å². The molecule has 0 spiro atoms. The molecule has 1 heterocycles. The van der Waals surface area contributed by atoms with Gasteiger partial charge < -0.3 is 19.1 Å². The molecule has 0 aliphatic carbocycles. The van der Waals surface area contributed by atoms with Crippen molar-refractivity contribution in [3.05, 3.63) is 71.8 Å². The number of aryl methyl sites for hydroxylation is 1. The fourth-order valence-corrected chi connectivity index (χ4v) is 3.70. The van der Waals surface area contributed by atoms with Gasteiger partial charge in [-0.3, -0.25) is 4.99 Å². The van der Waals surface area contributed by atoms with E-state index in [4.69, 9.17) is 14.2 Å². The number of anilines is 1. The molecule has 0 atom stereocenters. The van der Waals surface area contributed by atoms with Crippen LogP contribution in [0.1, 0.15) is 24.0 Å². The Hall–Kier alpha value is -3.47. The summed E-state index contributed by atoms with van der Waals surface area (Å²) in [6.45, 7) is 4.15. The fourth-order valence-electron chi connectivity index (χ4n) is 3.70. The van der Waals surface area contributed by atoms with E-state index in [9.17, 15) is 0 Å². The molecule has 31 heavy (non-hydrogen) atoms. The quantitative estimate of drug-likeness (QED) is 0.433. The minimum atomic E-state index is 0.775. The van der Waals surface area contributed by atoms with Gasteiger partial charge in [0, 0.05) is 30.9 Å². The second-order valence-corrected chi connectivity index (χ2v) is 7.63. The van der Waals surface area contributed by atoms with E-state index in [-0.39, 0.29) is 0 Å². The van der Waals surface area contributed by atoms with E-state index in [0.717, 1.165) is 53.0 Å². The molecular weight excluding hydrogens is 388 g/mol. The lowest BCUT2D eigenvalue weighted by molar-refractivity contribution is 0.402. The highest BCUT2D eigenvalue weighted by Gasteiger charge is 2.19. The summed E-state index contributed by atoms with van der Waals surface area (Å²) in [4.78, 5) is 6.96. The van der Waals surface area contributed by atoms with E-state index in [1.807, 2.05) is 66.9 Å². The zero-order chi connectivity index (χ0) is 21.6. The Kier molecular flexibility index (Phi) is 6.41. The highest BCUT2D eigenvalue weighted by Crippen LogP contribution is 2.36. The van der Waals surface area contributed by atoms with Crippen molar-refractivity contribution in [1.29, 1.82) is 0 Å². The lowest BCUT2D eigenvalue weighted by Crippen LogP contribution is -2.18. The molecule has 4 rings (SSSR count). The van der Waals surface area contributed by atoms with Crippen molar-refractivity contribution in [2.45, 2.75) is 19.8 Å². The molecule has 0 amide bonds. The van der Waals surface area contributed by atoms with Crippen LogP contribution in [0, 0.1) is 6.92 Å². The Balaban J connectivity index is 1.51. The number of nitrogens with zero attached hydrogens (tertiary/aromatic N) is 2. The van der Waals surface area contributed by atoms with Gasteiger partial charge in [0.1, 0.15) is 23.0 Å². The Morgan fingerprint density at radius 1 is 0.806 bits per heavy atom. The standard InChI is InChI=1S/C26H28N2O3/c1-19-6-10-22(11-7-19)31-23-12-8-21(9-13-23)27-18-20-16-26(30-3)24(17-25(20)29-2)28-14-4-5-15-28/h6-13,16-18H,4-5,14-15H2,1-3H3. The third kappa shape index (κ3) is 5.00. The highest BCUT2D eigenvalue weighted by atomic mass is 16.5. The summed E-state index contributed by atoms with van der Waals surface area (Å²) >= 11 is 0. The molecule has 1 aliphatic heterocycles. The molecule has 3 aromatic rings. The van der Waals surface area contributed by atoms with Crippen molar-refractivity contribution in [1.82, 2.24) is 0 Å². The van der Waals surface area contributed by atoms with Crippen LogP contribution in [0.25, 0.3) is 0 Å². The van der Waals surface area contributed by atoms with Crippen molar-refractivity contribution in [2.75, 3.05) is 32.2 Å². The number of methoxy groups -OCH3 is 2. The minimum absolute atomic E-state index is 0.775. The first kappa shape index (κ1) is 20.8. The number of hydrogen-bond donors (Lipinski definition) is 0. The van der Waals surface area contributed by atoms with Crippen LogP contribution in [-0.4, -0.2) is 33.5 Å². The Labute approximate surface area is 183 Å². The molecule has 0 radical (unpaired) electrons. The predicted molar refractivity (Wildman–Crippen MR) is 126 cm³/mol. The van der Waals surface area contributed by atoms with Crippen molar-refractivity contribution in [3.63, 3.8) is 0 Å². The first-order valence-electron chi connectivity index (χ1n) is 10.6. The van der Waals surface area contributed by atoms with Gasteiger partial charge in [0.25, 0.3) is 0 Å². The summed E-state index contributed by atoms with van der Waals surface area (Å²) in [7, 11) is 3.39. The average Bonchev–Trinajstić information content (AvgIpc) is 3.34. The largest absolute Gasteiger partial charge is 0.496 e. The number of rotatable bonds is 7. The molecule has 0 aromatic heterocycles. The zero-order valence-corrected chi connectivity index (χ0v) is 18.3. The van der Waals surface area contributed by atoms with E-state index in [1.54, 1.807) is 14.2 Å². The molecule has 1 saturated heterocycles. The van der Waals surface area contributed by atoms with Crippen molar-refractivity contribution in [2.24, 2.45) is 4.99 Å². The number of aliphatic imine (C=N–C) groups is 1. The average molecular weight is 417 g/mol. The Morgan fingerprint density at radius 2 is 1.42 bits per heavy atom. The topological polar surface area (TPSA) is 43.3 Å². The molecular formula is C26H28N2O3. The van der Waals surface area contributed by atoms with Crippen LogP contribution in [-0.2, 0) is 0 Å². The van der Waals surface area contributed by atoms with E-state index < -0.39 is 0 Å². The van der Waals surface area contributed by atoms with Crippen molar-refractivity contribution >= 4 is 17.6 Å². The van der Waals surface area contributed by atoms with Gasteiger partial charge in [-0.25, -0.2) is 0 Å². The van der Waals surface area contributed by atoms with Gasteiger partial charge in [-0.2, -0.15) is 0 Å². The Morgan fingerprint density at radius 3 is 2.03 bits per heavy atom. The maximum absolute atomic E-state index is 5.89. The van der Waals surface area contributed by atoms with Crippen LogP contribution in [0.2, 0.25) is 0 Å². The lowest BCUT2D eigenvalue weighted by Gasteiger charge is -2.22. The second-order valence-electron chi connectivity index (χ2n) is 7.63. The fraction of sp³-hybridized carbons (Fsp3) is 0.269. The molecule has 5 nitrogen and oxygen atoms in total. The summed E-state index contributed by atoms with van der Waals surface area (Å²) in [6.07, 6.45) is 4.22. The minimum Gasteiger partial charge on any atom is -0.496 e. The number of hydrogen-bond acceptors (Lipinski definition) is 5. The highest BCUT2D eigenvalue weighted by molar-refractivity contribution is 5.88. The molecule has 0 unspecified atom stereocenters. The Bertz CT molecular complexity index is 1040. The molecule has 160 valence electrons. The monoisotopic (exact) mass is 416 g/mol. The summed E-state index contributed by atoms with van der Waals surface area (Å²) in [5.74, 6) is 3.21. The van der Waals surface area contributed by atoms with Crippen LogP contribution in [0.4, 0.5) is 11.4 Å². The van der Waals surface area contributed by atoms with Crippen LogP contribution >= 0.6 is 0 Å². The summed E-state index contributed by atoms with van der Waals surface area (Å²) in [5.41, 5.74) is 3.99. The third-order valence-corrected chi connectivity index (χ3v) is 5.42. The molecule has 1 fully saturated rings. The normalized spacial score (nSPS) is 13.6. The van der Waals surface area contributed by atoms with E-state index in [2.05, 4.69) is 16.8 Å². The first-order chi connectivity index (χ1) is 15.2. The molecule has 5 heteroatoms. The van der Waals surface area contributed by atoms with Gasteiger partial charge in [-0.15, -0.1) is 0 Å². The summed E-state index contributed by atoms with van der Waals surface area (Å²) in [6, 6.07) is 19.7. The summed E-state index contributed by atoms with van der Waals surface area (Å²) < 4.78 is 17.2. The second kappa shape index (κ2) is 9.56. The van der Waals surface area contributed by atoms with E-state index in [0.29, 0.717) is 0 Å². The van der Waals surface area contributed by atoms with Gasteiger partial charge in [-0.1, -0.05) is 17.7 Å². The zero-order valence-electron chi connectivity index (χ0n) is 18.3. The van der Waals surface area contributed by atoms with Gasteiger partial charge in [0.05, 0.1) is 25.6 Å². The molecule has 1 aliphatic rings. The lowest BCUT2D eigenvalue weighted by atomic mass is 10.1. The van der Waals surface area contributed by atoms with E-state index in [1.165, 1.54) is 18.4 Å². The van der Waals surface area contributed by atoms with Gasteiger partial charge in [-0.05, 0) is 62.2 Å². The van der Waals surface area contributed by atoms with Crippen molar-refractivity contribution < 1.29 is 14.2 Å². The summed E-state index contributed by atoms with van der Waals surface area (Å²) in [5, 5.41) is 0. The van der Waals surface area contributed by atoms with Gasteiger partial charge in [0.15, 0.2) is 0 Å². The molecule has 0 saturated carbocycles. The molecule has 0 N–H and O–H groups in total. The SMILES string of the molecule is COc1cc(N2CCCC2)c(OC)cc1C=Nc1ccc(Oc2ccc(C)cc2)cc1.